The quantitative estimate of drug-likeness (QED) is 0.603. The van der Waals surface area contributed by atoms with Crippen LogP contribution in [0.2, 0.25) is 0 Å². The second-order valence-corrected chi connectivity index (χ2v) is 2.56. The summed E-state index contributed by atoms with van der Waals surface area (Å²) in [5.74, 6) is -1.12. The molecule has 0 saturated carbocycles. The maximum absolute atomic E-state index is 11.3. The molecule has 0 atom stereocenters. The monoisotopic (exact) mass is 211 g/mol. The molecule has 1 aromatic heterocycles. The van der Waals surface area contributed by atoms with Crippen LogP contribution in [0.1, 0.15) is 10.5 Å². The van der Waals surface area contributed by atoms with E-state index in [0.717, 1.165) is 12.4 Å². The molecule has 1 rings (SSSR count). The van der Waals surface area contributed by atoms with Crippen LogP contribution < -0.4 is 10.9 Å². The average Bonchev–Trinajstić information content (AvgIpc) is 2.26. The third-order valence-corrected chi connectivity index (χ3v) is 1.53. The Hall–Kier alpha value is -2.18. The van der Waals surface area contributed by atoms with Gasteiger partial charge >= 0.3 is 5.97 Å². The number of carbonyl (C=O) groups is 2. The number of hydrogen-bond acceptors (Lipinski definition) is 5. The van der Waals surface area contributed by atoms with E-state index in [-0.39, 0.29) is 12.2 Å². The minimum Gasteiger partial charge on any atom is -0.468 e. The van der Waals surface area contributed by atoms with Gasteiger partial charge in [0.2, 0.25) is 0 Å². The number of aromatic amines is 1. The van der Waals surface area contributed by atoms with Gasteiger partial charge in [-0.05, 0) is 0 Å². The van der Waals surface area contributed by atoms with Crippen molar-refractivity contribution in [1.29, 1.82) is 0 Å². The van der Waals surface area contributed by atoms with Crippen molar-refractivity contribution in [2.45, 2.75) is 0 Å². The standard InChI is InChI=1S/C8H9N3O4/c1-15-7(13)4-11-8(14)5-2-10-6(12)3-9-5/h2-3H,4H2,1H3,(H,10,12)(H,11,14). The summed E-state index contributed by atoms with van der Waals surface area (Å²) in [4.78, 5) is 38.5. The first-order valence-electron chi connectivity index (χ1n) is 4.03. The van der Waals surface area contributed by atoms with E-state index >= 15 is 0 Å². The molecule has 1 heterocycles. The minimum absolute atomic E-state index is 0.0264. The van der Waals surface area contributed by atoms with Crippen LogP contribution >= 0.6 is 0 Å². The highest BCUT2D eigenvalue weighted by atomic mass is 16.5. The summed E-state index contributed by atoms with van der Waals surface area (Å²) in [6.45, 7) is -0.240. The van der Waals surface area contributed by atoms with Gasteiger partial charge in [-0.15, -0.1) is 0 Å². The number of carbonyl (C=O) groups excluding carboxylic acids is 2. The zero-order valence-corrected chi connectivity index (χ0v) is 7.94. The van der Waals surface area contributed by atoms with Crippen LogP contribution in [0.15, 0.2) is 17.2 Å². The van der Waals surface area contributed by atoms with E-state index in [1.165, 1.54) is 7.11 Å². The number of rotatable bonds is 3. The molecule has 1 aromatic rings. The van der Waals surface area contributed by atoms with Crippen molar-refractivity contribution >= 4 is 11.9 Å². The van der Waals surface area contributed by atoms with Gasteiger partial charge in [0, 0.05) is 6.20 Å². The molecule has 7 nitrogen and oxygen atoms in total. The Morgan fingerprint density at radius 2 is 2.33 bits per heavy atom. The number of nitrogens with one attached hydrogen (secondary N) is 2. The van der Waals surface area contributed by atoms with Crippen LogP contribution in [0.4, 0.5) is 0 Å². The highest BCUT2D eigenvalue weighted by Crippen LogP contribution is 1.86. The van der Waals surface area contributed by atoms with Crippen LogP contribution in [-0.4, -0.2) is 35.5 Å². The lowest BCUT2D eigenvalue weighted by atomic mass is 10.4. The van der Waals surface area contributed by atoms with Gasteiger partial charge in [-0.25, -0.2) is 4.98 Å². The lowest BCUT2D eigenvalue weighted by Crippen LogP contribution is -2.31. The number of ether oxygens (including phenoxy) is 1. The predicted molar refractivity (Wildman–Crippen MR) is 49.2 cm³/mol. The molecular weight excluding hydrogens is 202 g/mol. The number of esters is 1. The van der Waals surface area contributed by atoms with Crippen LogP contribution in [0, 0.1) is 0 Å². The Labute approximate surface area is 84.5 Å². The van der Waals surface area contributed by atoms with E-state index < -0.39 is 17.4 Å². The fourth-order valence-corrected chi connectivity index (χ4v) is 0.782. The van der Waals surface area contributed by atoms with Crippen molar-refractivity contribution in [1.82, 2.24) is 15.3 Å². The molecular formula is C8H9N3O4. The number of methoxy groups -OCH3 is 1. The maximum atomic E-state index is 11.3. The largest absolute Gasteiger partial charge is 0.468 e. The van der Waals surface area contributed by atoms with Gasteiger partial charge in [-0.3, -0.25) is 14.4 Å². The number of amides is 1. The third kappa shape index (κ3) is 3.22. The number of hydrogen-bond donors (Lipinski definition) is 2. The lowest BCUT2D eigenvalue weighted by molar-refractivity contribution is -0.139. The average molecular weight is 211 g/mol. The van der Waals surface area contributed by atoms with Crippen LogP contribution in [0.5, 0.6) is 0 Å². The lowest BCUT2D eigenvalue weighted by Gasteiger charge is -2.01. The van der Waals surface area contributed by atoms with Gasteiger partial charge in [0.15, 0.2) is 0 Å². The molecule has 0 radical (unpaired) electrons. The van der Waals surface area contributed by atoms with E-state index in [1.54, 1.807) is 0 Å². The fourth-order valence-electron chi connectivity index (χ4n) is 0.782. The Kier molecular flexibility index (Phi) is 3.55. The van der Waals surface area contributed by atoms with Crippen molar-refractivity contribution in [3.05, 3.63) is 28.4 Å². The van der Waals surface area contributed by atoms with Crippen LogP contribution in [-0.2, 0) is 9.53 Å². The molecule has 0 unspecified atom stereocenters. The molecule has 1 amide bonds. The molecule has 0 fully saturated rings. The van der Waals surface area contributed by atoms with Crippen LogP contribution in [0.25, 0.3) is 0 Å². The SMILES string of the molecule is COC(=O)CNC(=O)c1c[nH]c(=O)cn1. The Morgan fingerprint density at radius 3 is 2.87 bits per heavy atom. The fraction of sp³-hybridized carbons (Fsp3) is 0.250. The first kappa shape index (κ1) is 10.9. The Balaban J connectivity index is 2.58. The highest BCUT2D eigenvalue weighted by Gasteiger charge is 2.08. The second kappa shape index (κ2) is 4.89. The molecule has 80 valence electrons. The number of H-pyrrole nitrogens is 1. The topological polar surface area (TPSA) is 101 Å². The Bertz CT molecular complexity index is 406. The van der Waals surface area contributed by atoms with Gasteiger partial charge in [-0.1, -0.05) is 0 Å². The molecule has 7 heteroatoms. The number of nitrogens with zero attached hydrogens (tertiary/aromatic N) is 1. The zero-order chi connectivity index (χ0) is 11.3. The van der Waals surface area contributed by atoms with Gasteiger partial charge < -0.3 is 15.0 Å². The highest BCUT2D eigenvalue weighted by molar-refractivity contribution is 5.93. The van der Waals surface area contributed by atoms with Gasteiger partial charge in [0.1, 0.15) is 12.2 Å². The molecule has 0 aliphatic rings. The predicted octanol–water partition coefficient (Wildman–Crippen LogP) is -1.33. The van der Waals surface area contributed by atoms with Gasteiger partial charge in [0.05, 0.1) is 13.3 Å². The van der Waals surface area contributed by atoms with E-state index in [2.05, 4.69) is 20.0 Å². The van der Waals surface area contributed by atoms with Crippen molar-refractivity contribution < 1.29 is 14.3 Å². The zero-order valence-electron chi connectivity index (χ0n) is 7.94. The van der Waals surface area contributed by atoms with Gasteiger partial charge in [0.25, 0.3) is 11.5 Å². The maximum Gasteiger partial charge on any atom is 0.325 e. The molecule has 0 aliphatic carbocycles. The molecule has 0 bridgehead atoms. The van der Waals surface area contributed by atoms with Crippen molar-refractivity contribution in [3.8, 4) is 0 Å². The van der Waals surface area contributed by atoms with Crippen molar-refractivity contribution in [3.63, 3.8) is 0 Å². The molecule has 0 aliphatic heterocycles. The smallest absolute Gasteiger partial charge is 0.325 e. The molecule has 2 N–H and O–H groups in total. The van der Waals surface area contributed by atoms with E-state index in [1.807, 2.05) is 0 Å². The van der Waals surface area contributed by atoms with E-state index in [4.69, 9.17) is 0 Å². The summed E-state index contributed by atoms with van der Waals surface area (Å²) < 4.78 is 4.32. The molecule has 15 heavy (non-hydrogen) atoms. The summed E-state index contributed by atoms with van der Waals surface area (Å²) in [6.07, 6.45) is 2.14. The normalized spacial score (nSPS) is 9.40. The van der Waals surface area contributed by atoms with Crippen molar-refractivity contribution in [2.75, 3.05) is 13.7 Å². The molecule has 0 spiro atoms. The third-order valence-electron chi connectivity index (χ3n) is 1.53. The minimum atomic E-state index is -0.562. The van der Waals surface area contributed by atoms with Crippen LogP contribution in [0.3, 0.4) is 0 Å². The van der Waals surface area contributed by atoms with Crippen molar-refractivity contribution in [2.24, 2.45) is 0 Å². The van der Waals surface area contributed by atoms with Gasteiger partial charge in [-0.2, -0.15) is 0 Å². The second-order valence-electron chi connectivity index (χ2n) is 2.56. The summed E-state index contributed by atoms with van der Waals surface area (Å²) in [5, 5.41) is 2.27. The first-order chi connectivity index (χ1) is 7.13. The summed E-state index contributed by atoms with van der Waals surface area (Å²) in [5.41, 5.74) is -0.377. The Morgan fingerprint density at radius 1 is 1.60 bits per heavy atom. The molecule has 0 aromatic carbocycles. The number of aromatic nitrogens is 2. The first-order valence-corrected chi connectivity index (χ1v) is 4.03. The van der Waals surface area contributed by atoms with E-state index in [0.29, 0.717) is 0 Å². The van der Waals surface area contributed by atoms with E-state index in [9.17, 15) is 14.4 Å². The summed E-state index contributed by atoms with van der Waals surface area (Å²) >= 11 is 0. The summed E-state index contributed by atoms with van der Waals surface area (Å²) in [7, 11) is 1.22. The summed E-state index contributed by atoms with van der Waals surface area (Å²) in [6, 6.07) is 0. The molecule has 0 saturated heterocycles.